The highest BCUT2D eigenvalue weighted by Gasteiger charge is 2.35. The number of benzene rings is 2. The molecule has 0 aliphatic carbocycles. The Morgan fingerprint density at radius 1 is 1.06 bits per heavy atom. The maximum Gasteiger partial charge on any atom is 0.417 e. The maximum absolute atomic E-state index is 13.4. The number of likely N-dealkylation sites (tertiary alicyclic amines) is 1. The van der Waals surface area contributed by atoms with Crippen molar-refractivity contribution in [2.75, 3.05) is 37.0 Å². The van der Waals surface area contributed by atoms with E-state index in [1.54, 1.807) is 6.07 Å². The zero-order chi connectivity index (χ0) is 24.8. The molecular formula is C23H27ClF3N3O3S. The first-order chi connectivity index (χ1) is 16.1. The molecule has 0 spiro atoms. The van der Waals surface area contributed by atoms with E-state index in [1.807, 2.05) is 0 Å². The van der Waals surface area contributed by atoms with Crippen LogP contribution in [-0.4, -0.2) is 51.9 Å². The molecule has 34 heavy (non-hydrogen) atoms. The van der Waals surface area contributed by atoms with Crippen molar-refractivity contribution in [3.8, 4) is 0 Å². The molecule has 0 bridgehead atoms. The average molecular weight is 518 g/mol. The SMILES string of the molecule is O=C(CN(c1ccc(Cl)c(C(F)(F)F)c1)S(=O)(=O)c1ccccc1)NCCCN1CCCCC1. The molecule has 2 aromatic rings. The standard InChI is InChI=1S/C23H27ClF3N3O3S/c24-21-11-10-18(16-20(21)23(25,26)27)30(34(32,33)19-8-3-1-4-9-19)17-22(31)28-12-7-15-29-13-5-2-6-14-29/h1,3-4,8-11,16H,2,5-7,12-15,17H2,(H,28,31). The van der Waals surface area contributed by atoms with E-state index >= 15 is 0 Å². The summed E-state index contributed by atoms with van der Waals surface area (Å²) in [5, 5.41) is 2.12. The van der Waals surface area contributed by atoms with Gasteiger partial charge in [-0.3, -0.25) is 9.10 Å². The van der Waals surface area contributed by atoms with Gasteiger partial charge in [0.2, 0.25) is 5.91 Å². The van der Waals surface area contributed by atoms with Crippen molar-refractivity contribution in [2.24, 2.45) is 0 Å². The highest BCUT2D eigenvalue weighted by Crippen LogP contribution is 2.38. The zero-order valence-electron chi connectivity index (χ0n) is 18.5. The number of alkyl halides is 3. The average Bonchev–Trinajstić information content (AvgIpc) is 2.81. The zero-order valence-corrected chi connectivity index (χ0v) is 20.1. The molecule has 0 atom stereocenters. The Bertz CT molecular complexity index is 1080. The van der Waals surface area contributed by atoms with Gasteiger partial charge in [-0.2, -0.15) is 13.2 Å². The molecule has 1 aliphatic rings. The van der Waals surface area contributed by atoms with Gasteiger partial charge in [0.25, 0.3) is 10.0 Å². The molecule has 1 heterocycles. The lowest BCUT2D eigenvalue weighted by Gasteiger charge is -2.27. The van der Waals surface area contributed by atoms with Crippen LogP contribution in [0.4, 0.5) is 18.9 Å². The summed E-state index contributed by atoms with van der Waals surface area (Å²) in [6, 6.07) is 10.0. The number of carbonyl (C=O) groups excluding carboxylic acids is 1. The molecule has 1 saturated heterocycles. The monoisotopic (exact) mass is 517 g/mol. The van der Waals surface area contributed by atoms with Crippen molar-refractivity contribution in [1.29, 1.82) is 0 Å². The molecule has 0 aromatic heterocycles. The second-order valence-electron chi connectivity index (χ2n) is 8.09. The summed E-state index contributed by atoms with van der Waals surface area (Å²) in [6.45, 7) is 2.53. The molecule has 11 heteroatoms. The van der Waals surface area contributed by atoms with Crippen LogP contribution in [0.25, 0.3) is 0 Å². The van der Waals surface area contributed by atoms with Crippen molar-refractivity contribution in [1.82, 2.24) is 10.2 Å². The van der Waals surface area contributed by atoms with Crippen molar-refractivity contribution >= 4 is 33.2 Å². The molecule has 3 rings (SSSR count). The van der Waals surface area contributed by atoms with Crippen LogP contribution in [0, 0.1) is 0 Å². The molecule has 0 saturated carbocycles. The van der Waals surface area contributed by atoms with Gasteiger partial charge in [0.1, 0.15) is 6.54 Å². The first-order valence-electron chi connectivity index (χ1n) is 11.0. The molecule has 6 nitrogen and oxygen atoms in total. The summed E-state index contributed by atoms with van der Waals surface area (Å²) >= 11 is 5.70. The minimum Gasteiger partial charge on any atom is -0.354 e. The van der Waals surface area contributed by atoms with Crippen LogP contribution >= 0.6 is 11.6 Å². The maximum atomic E-state index is 13.4. The van der Waals surface area contributed by atoms with Crippen LogP contribution in [0.2, 0.25) is 5.02 Å². The first kappa shape index (κ1) is 26.3. The normalized spacial score (nSPS) is 15.2. The summed E-state index contributed by atoms with van der Waals surface area (Å²) in [5.74, 6) is -0.610. The van der Waals surface area contributed by atoms with Gasteiger partial charge in [-0.1, -0.05) is 36.2 Å². The number of piperidine rings is 1. The molecule has 1 amide bonds. The highest BCUT2D eigenvalue weighted by atomic mass is 35.5. The van der Waals surface area contributed by atoms with Gasteiger partial charge in [0, 0.05) is 6.54 Å². The van der Waals surface area contributed by atoms with Crippen LogP contribution < -0.4 is 9.62 Å². The smallest absolute Gasteiger partial charge is 0.354 e. The predicted molar refractivity (Wildman–Crippen MR) is 125 cm³/mol. The van der Waals surface area contributed by atoms with Gasteiger partial charge in [-0.25, -0.2) is 8.42 Å². The summed E-state index contributed by atoms with van der Waals surface area (Å²) in [4.78, 5) is 14.8. The highest BCUT2D eigenvalue weighted by molar-refractivity contribution is 7.92. The molecule has 186 valence electrons. The second-order valence-corrected chi connectivity index (χ2v) is 10.4. The second kappa shape index (κ2) is 11.4. The van der Waals surface area contributed by atoms with Gasteiger partial charge < -0.3 is 10.2 Å². The van der Waals surface area contributed by atoms with E-state index < -0.39 is 39.2 Å². The number of carbonyl (C=O) groups is 1. The number of amides is 1. The number of sulfonamides is 1. The third-order valence-corrected chi connectivity index (χ3v) is 7.70. The predicted octanol–water partition coefficient (Wildman–Crippen LogP) is 4.55. The topological polar surface area (TPSA) is 69.7 Å². The summed E-state index contributed by atoms with van der Waals surface area (Å²) in [7, 11) is -4.32. The Kier molecular flexibility index (Phi) is 8.83. The van der Waals surface area contributed by atoms with E-state index in [0.717, 1.165) is 44.6 Å². The largest absolute Gasteiger partial charge is 0.417 e. The number of nitrogens with zero attached hydrogens (tertiary/aromatic N) is 2. The molecule has 1 fully saturated rings. The quantitative estimate of drug-likeness (QED) is 0.496. The Hall–Kier alpha value is -2.30. The van der Waals surface area contributed by atoms with Crippen molar-refractivity contribution in [2.45, 2.75) is 36.8 Å². The van der Waals surface area contributed by atoms with E-state index in [9.17, 15) is 26.4 Å². The lowest BCUT2D eigenvalue weighted by atomic mass is 10.1. The van der Waals surface area contributed by atoms with Gasteiger partial charge in [-0.05, 0) is 69.2 Å². The van der Waals surface area contributed by atoms with Crippen molar-refractivity contribution in [3.63, 3.8) is 0 Å². The van der Waals surface area contributed by atoms with Crippen LogP contribution in [0.3, 0.4) is 0 Å². The number of nitrogens with one attached hydrogen (secondary N) is 1. The minimum atomic E-state index is -4.79. The number of rotatable bonds is 9. The molecular weight excluding hydrogens is 491 g/mol. The fourth-order valence-electron chi connectivity index (χ4n) is 3.82. The third kappa shape index (κ3) is 6.86. The summed E-state index contributed by atoms with van der Waals surface area (Å²) < 4.78 is 67.4. The first-order valence-corrected chi connectivity index (χ1v) is 12.8. The van der Waals surface area contributed by atoms with E-state index in [0.29, 0.717) is 23.3 Å². The van der Waals surface area contributed by atoms with E-state index in [1.165, 1.54) is 30.7 Å². The van der Waals surface area contributed by atoms with Gasteiger partial charge in [0.05, 0.1) is 21.2 Å². The number of hydrogen-bond donors (Lipinski definition) is 1. The van der Waals surface area contributed by atoms with Gasteiger partial charge >= 0.3 is 6.18 Å². The van der Waals surface area contributed by atoms with E-state index in [4.69, 9.17) is 11.6 Å². The Morgan fingerprint density at radius 3 is 2.38 bits per heavy atom. The van der Waals surface area contributed by atoms with Gasteiger partial charge in [0.15, 0.2) is 0 Å². The number of hydrogen-bond acceptors (Lipinski definition) is 4. The molecule has 0 unspecified atom stereocenters. The van der Waals surface area contributed by atoms with Gasteiger partial charge in [-0.15, -0.1) is 0 Å². The fourth-order valence-corrected chi connectivity index (χ4v) is 5.48. The Morgan fingerprint density at radius 2 is 1.74 bits per heavy atom. The Labute approximate surface area is 202 Å². The molecule has 1 N–H and O–H groups in total. The van der Waals surface area contributed by atoms with Crippen molar-refractivity contribution in [3.05, 3.63) is 59.1 Å². The Balaban J connectivity index is 1.78. The third-order valence-electron chi connectivity index (χ3n) is 5.58. The van der Waals surface area contributed by atoms with Crippen molar-refractivity contribution < 1.29 is 26.4 Å². The molecule has 0 radical (unpaired) electrons. The number of anilines is 1. The van der Waals surface area contributed by atoms with Crippen LogP contribution in [0.15, 0.2) is 53.4 Å². The lowest BCUT2D eigenvalue weighted by Crippen LogP contribution is -2.41. The minimum absolute atomic E-state index is 0.142. The molecule has 2 aromatic carbocycles. The lowest BCUT2D eigenvalue weighted by molar-refractivity contribution is -0.137. The van der Waals surface area contributed by atoms with Crippen LogP contribution in [0.5, 0.6) is 0 Å². The number of halogens is 4. The fraction of sp³-hybridized carbons (Fsp3) is 0.435. The summed E-state index contributed by atoms with van der Waals surface area (Å²) in [6.07, 6.45) is -0.568. The van der Waals surface area contributed by atoms with Crippen LogP contribution in [0.1, 0.15) is 31.2 Å². The molecule has 1 aliphatic heterocycles. The summed E-state index contributed by atoms with van der Waals surface area (Å²) in [5.41, 5.74) is -1.48. The van der Waals surface area contributed by atoms with E-state index in [2.05, 4.69) is 10.2 Å². The van der Waals surface area contributed by atoms with Crippen LogP contribution in [-0.2, 0) is 21.0 Å². The van der Waals surface area contributed by atoms with E-state index in [-0.39, 0.29) is 10.6 Å².